The zero-order valence-corrected chi connectivity index (χ0v) is 22.4. The molecule has 2 aliphatic heterocycles. The van der Waals surface area contributed by atoms with Crippen molar-refractivity contribution in [2.45, 2.75) is 73.1 Å². The lowest BCUT2D eigenvalue weighted by atomic mass is 10.1. The van der Waals surface area contributed by atoms with Crippen LogP contribution in [0, 0.1) is 23.2 Å². The number of rotatable bonds is 5. The molecule has 0 bridgehead atoms. The predicted molar refractivity (Wildman–Crippen MR) is 121 cm³/mol. The Hall–Kier alpha value is 0.370. The van der Waals surface area contributed by atoms with Crippen molar-refractivity contribution in [2.24, 2.45) is 11.8 Å². The van der Waals surface area contributed by atoms with Gasteiger partial charge in [-0.1, -0.05) is 50.0 Å². The van der Waals surface area contributed by atoms with Gasteiger partial charge < -0.3 is 26.4 Å². The van der Waals surface area contributed by atoms with Gasteiger partial charge in [-0.15, -0.1) is 0 Å². The number of halogens is 2. The van der Waals surface area contributed by atoms with Gasteiger partial charge in [0.05, 0.1) is 32.8 Å². The Morgan fingerprint density at radius 3 is 1.63 bits per heavy atom. The monoisotopic (exact) mass is 511 g/mol. The van der Waals surface area contributed by atoms with Gasteiger partial charge in [0, 0.05) is 31.0 Å². The summed E-state index contributed by atoms with van der Waals surface area (Å²) in [6.45, 7) is 17.4. The van der Waals surface area contributed by atoms with Gasteiger partial charge in [0.1, 0.15) is 0 Å². The molecule has 0 aliphatic carbocycles. The van der Waals surface area contributed by atoms with Crippen molar-refractivity contribution >= 4 is 15.9 Å². The Kier molecular flexibility index (Phi) is 25.0. The maximum absolute atomic E-state index is 7.32. The van der Waals surface area contributed by atoms with Crippen molar-refractivity contribution in [1.82, 2.24) is 4.90 Å². The predicted octanol–water partition coefficient (Wildman–Crippen LogP) is 2.95. The smallest absolute Gasteiger partial charge is 0.0810 e. The van der Waals surface area contributed by atoms with E-state index in [-0.39, 0.29) is 17.0 Å². The van der Waals surface area contributed by atoms with Gasteiger partial charge in [-0.05, 0) is 45.3 Å². The van der Waals surface area contributed by atoms with Gasteiger partial charge in [-0.2, -0.15) is 5.26 Å². The average molecular weight is 513 g/mol. The number of nitriles is 1. The first-order chi connectivity index (χ1) is 12.3. The molecule has 3 nitrogen and oxygen atoms in total. The molecular weight excluding hydrogens is 466 g/mol. The highest BCUT2D eigenvalue weighted by molar-refractivity contribution is 9.09. The van der Waals surface area contributed by atoms with Crippen LogP contribution in [0.3, 0.4) is 0 Å². The minimum Gasteiger partial charge on any atom is -1.00 e. The van der Waals surface area contributed by atoms with Crippen LogP contribution in [0.4, 0.5) is 0 Å². The highest BCUT2D eigenvalue weighted by Crippen LogP contribution is 2.19. The van der Waals surface area contributed by atoms with Crippen LogP contribution >= 0.6 is 15.9 Å². The Bertz CT molecular complexity index is 329. The molecule has 0 N–H and O–H groups in total. The number of hydrogen-bond donors (Lipinski definition) is 0. The topological polar surface area (TPSA) is 27.0 Å². The summed E-state index contributed by atoms with van der Waals surface area (Å²) in [6, 6.07) is 1.75. The third-order valence-corrected chi connectivity index (χ3v) is 6.49. The van der Waals surface area contributed by atoms with E-state index in [0.29, 0.717) is 0 Å². The third kappa shape index (κ3) is 20.9. The van der Waals surface area contributed by atoms with E-state index >= 15 is 0 Å². The summed E-state index contributed by atoms with van der Waals surface area (Å²) in [6.07, 6.45) is 8.35. The molecule has 2 rings (SSSR count). The summed E-state index contributed by atoms with van der Waals surface area (Å²) in [5.74, 6) is 1.77. The minimum absolute atomic E-state index is 0. The van der Waals surface area contributed by atoms with Crippen LogP contribution in [-0.4, -0.2) is 61.5 Å². The Balaban J connectivity index is -0.000000311. The average Bonchev–Trinajstić information content (AvgIpc) is 3.27. The summed E-state index contributed by atoms with van der Waals surface area (Å²) in [5, 5.41) is 8.46. The van der Waals surface area contributed by atoms with Crippen molar-refractivity contribution in [1.29, 1.82) is 5.26 Å². The molecule has 0 aromatic rings. The Morgan fingerprint density at radius 1 is 1.00 bits per heavy atom. The van der Waals surface area contributed by atoms with Gasteiger partial charge in [0.2, 0.25) is 0 Å². The number of likely N-dealkylation sites (tertiary alicyclic amines) is 2. The van der Waals surface area contributed by atoms with E-state index in [1.54, 1.807) is 6.07 Å². The summed E-state index contributed by atoms with van der Waals surface area (Å²) < 4.78 is 1.34. The highest BCUT2D eigenvalue weighted by Gasteiger charge is 2.27. The van der Waals surface area contributed by atoms with Gasteiger partial charge in [0.15, 0.2) is 0 Å². The minimum atomic E-state index is 0. The molecule has 0 aromatic heterocycles. The second kappa shape index (κ2) is 21.1. The molecule has 2 atom stereocenters. The van der Waals surface area contributed by atoms with Gasteiger partial charge in [-0.25, -0.2) is 0 Å². The highest BCUT2D eigenvalue weighted by atomic mass is 79.9. The van der Waals surface area contributed by atoms with E-state index < -0.39 is 0 Å². The molecule has 27 heavy (non-hydrogen) atoms. The largest absolute Gasteiger partial charge is 1.00 e. The summed E-state index contributed by atoms with van der Waals surface area (Å²) in [5.41, 5.74) is 0. The number of alkyl halides is 1. The first-order valence-electron chi connectivity index (χ1n) is 10.7. The SMILES string of the molecule is CC#N.CC[C@H](C)CBr.CC[C@H](C)C[N+]1(C)CCCC1.CN1CCCC1.[Br-]. The van der Waals surface area contributed by atoms with E-state index in [9.17, 15) is 0 Å². The fraction of sp³-hybridized carbons (Fsp3) is 0.955. The van der Waals surface area contributed by atoms with E-state index in [2.05, 4.69) is 62.6 Å². The quantitative estimate of drug-likeness (QED) is 0.418. The normalized spacial score (nSPS) is 19.5. The summed E-state index contributed by atoms with van der Waals surface area (Å²) in [7, 11) is 4.59. The Morgan fingerprint density at radius 2 is 1.41 bits per heavy atom. The lowest BCUT2D eigenvalue weighted by molar-refractivity contribution is -0.900. The van der Waals surface area contributed by atoms with Crippen LogP contribution in [0.5, 0.6) is 0 Å². The molecule has 0 unspecified atom stereocenters. The maximum Gasteiger partial charge on any atom is 0.0810 e. The fourth-order valence-electron chi connectivity index (χ4n) is 3.15. The zero-order valence-electron chi connectivity index (χ0n) is 19.2. The van der Waals surface area contributed by atoms with Gasteiger partial charge in [-0.3, -0.25) is 0 Å². The van der Waals surface area contributed by atoms with Crippen LogP contribution in [0.2, 0.25) is 0 Å². The van der Waals surface area contributed by atoms with Crippen molar-refractivity contribution in [3.63, 3.8) is 0 Å². The first-order valence-corrected chi connectivity index (χ1v) is 11.8. The van der Waals surface area contributed by atoms with Crippen LogP contribution < -0.4 is 17.0 Å². The van der Waals surface area contributed by atoms with Crippen molar-refractivity contribution in [2.75, 3.05) is 52.1 Å². The van der Waals surface area contributed by atoms with E-state index in [4.69, 9.17) is 5.26 Å². The third-order valence-electron chi connectivity index (χ3n) is 5.39. The standard InChI is InChI=1S/C10H22N.C5H11Br.C5H11N.C2H3N.BrH/c1-4-10(2)9-11(3)7-5-6-8-11;1-3-5(2)4-6;1-6-4-2-3-5-6;1-2-3;/h10H,4-9H2,1-3H3;5H,3-4H2,1-2H3;2-5H2,1H3;1H3;1H/q+1;;;;/p-1/t10-;5-;;;/m00.../s1. The molecule has 164 valence electrons. The molecule has 2 heterocycles. The lowest BCUT2D eigenvalue weighted by Crippen LogP contribution is -3.00. The van der Waals surface area contributed by atoms with E-state index in [0.717, 1.165) is 17.2 Å². The molecule has 5 heteroatoms. The molecule has 0 amide bonds. The van der Waals surface area contributed by atoms with Crippen molar-refractivity contribution in [3.05, 3.63) is 0 Å². The second-order valence-corrected chi connectivity index (χ2v) is 9.02. The summed E-state index contributed by atoms with van der Waals surface area (Å²) in [4.78, 5) is 2.36. The molecular formula is C22H47Br2N3. The van der Waals surface area contributed by atoms with Gasteiger partial charge >= 0.3 is 0 Å². The molecule has 2 fully saturated rings. The van der Waals surface area contributed by atoms with Crippen molar-refractivity contribution in [3.8, 4) is 6.07 Å². The fourth-order valence-corrected chi connectivity index (χ4v) is 3.61. The number of quaternary nitrogens is 1. The molecule has 0 radical (unpaired) electrons. The van der Waals surface area contributed by atoms with E-state index in [1.165, 1.54) is 82.7 Å². The lowest BCUT2D eigenvalue weighted by Gasteiger charge is -2.31. The van der Waals surface area contributed by atoms with Gasteiger partial charge in [0.25, 0.3) is 0 Å². The van der Waals surface area contributed by atoms with E-state index in [1.807, 2.05) is 0 Å². The first kappa shape index (κ1) is 32.0. The van der Waals surface area contributed by atoms with Crippen LogP contribution in [0.15, 0.2) is 0 Å². The van der Waals surface area contributed by atoms with Crippen LogP contribution in [-0.2, 0) is 0 Å². The van der Waals surface area contributed by atoms with Crippen LogP contribution in [0.25, 0.3) is 0 Å². The Labute approximate surface area is 190 Å². The van der Waals surface area contributed by atoms with Crippen LogP contribution in [0.1, 0.15) is 73.1 Å². The number of nitrogens with zero attached hydrogens (tertiary/aromatic N) is 3. The molecule has 2 saturated heterocycles. The molecule has 0 spiro atoms. The molecule has 0 saturated carbocycles. The second-order valence-electron chi connectivity index (χ2n) is 8.37. The molecule has 2 aliphatic rings. The van der Waals surface area contributed by atoms with Crippen molar-refractivity contribution < 1.29 is 21.5 Å². The molecule has 0 aromatic carbocycles. The summed E-state index contributed by atoms with van der Waals surface area (Å²) >= 11 is 3.37. The number of hydrogen-bond acceptors (Lipinski definition) is 2. The zero-order chi connectivity index (χ0) is 20.4. The maximum atomic E-state index is 7.32.